The highest BCUT2D eigenvalue weighted by molar-refractivity contribution is 7.80. The van der Waals surface area contributed by atoms with Crippen LogP contribution in [0.2, 0.25) is 0 Å². The number of carbonyl (C=O) groups excluding carboxylic acids is 1. The Bertz CT molecular complexity index is 1400. The Morgan fingerprint density at radius 2 is 1.22 bits per heavy atom. The Kier molecular flexibility index (Phi) is 6.87. The molecule has 36 heavy (non-hydrogen) atoms. The van der Waals surface area contributed by atoms with Crippen molar-refractivity contribution in [1.82, 2.24) is 19.9 Å². The summed E-state index contributed by atoms with van der Waals surface area (Å²) < 4.78 is 1.02. The van der Waals surface area contributed by atoms with E-state index in [2.05, 4.69) is 46.5 Å². The molecule has 0 fully saturated rings. The Balaban J connectivity index is 1.37. The fourth-order valence-electron chi connectivity index (χ4n) is 3.14. The molecule has 3 aromatic carbocycles. The van der Waals surface area contributed by atoms with Crippen molar-refractivity contribution in [2.75, 3.05) is 26.6 Å². The van der Waals surface area contributed by atoms with Gasteiger partial charge in [0.15, 0.2) is 10.2 Å². The quantitative estimate of drug-likeness (QED) is 0.182. The number of thiazole rings is 1. The topological polar surface area (TPSA) is 129 Å². The molecule has 0 unspecified atom stereocenters. The number of anilines is 6. The fourth-order valence-corrected chi connectivity index (χ4v) is 4.20. The minimum absolute atomic E-state index is 0.0204. The molecule has 0 aliphatic carbocycles. The molecule has 2 aromatic heterocycles. The van der Waals surface area contributed by atoms with Gasteiger partial charge in [-0.15, -0.1) is 0 Å². The first kappa shape index (κ1) is 23.1. The van der Waals surface area contributed by atoms with Crippen molar-refractivity contribution < 1.29 is 4.79 Å². The first-order chi connectivity index (χ1) is 17.6. The lowest BCUT2D eigenvalue weighted by Crippen LogP contribution is -2.24. The van der Waals surface area contributed by atoms with Crippen molar-refractivity contribution >= 4 is 79.3 Å². The zero-order valence-electron chi connectivity index (χ0n) is 18.6. The Hall–Kier alpha value is -4.68. The van der Waals surface area contributed by atoms with Gasteiger partial charge in [-0.1, -0.05) is 59.9 Å². The molecule has 2 heterocycles. The van der Waals surface area contributed by atoms with E-state index < -0.39 is 6.03 Å². The second-order valence-corrected chi connectivity index (χ2v) is 8.75. The van der Waals surface area contributed by atoms with Crippen LogP contribution in [-0.4, -0.2) is 31.1 Å². The van der Waals surface area contributed by atoms with Gasteiger partial charge in [0.2, 0.25) is 17.8 Å². The smallest absolute Gasteiger partial charge is 0.326 e. The highest BCUT2D eigenvalue weighted by Crippen LogP contribution is 2.27. The van der Waals surface area contributed by atoms with Gasteiger partial charge in [-0.25, -0.2) is 9.78 Å². The van der Waals surface area contributed by atoms with E-state index in [4.69, 9.17) is 12.2 Å². The predicted octanol–water partition coefficient (Wildman–Crippen LogP) is 5.68. The SMILES string of the molecule is O=C(Nc1ccccc1)Nc1nc(NC(=S)Nc2ccccc2)nc(Nc2nc3ccccc3s2)n1. The van der Waals surface area contributed by atoms with E-state index in [-0.39, 0.29) is 23.0 Å². The number of rotatable bonds is 6. The van der Waals surface area contributed by atoms with Crippen LogP contribution in [-0.2, 0) is 0 Å². The summed E-state index contributed by atoms with van der Waals surface area (Å²) in [5.41, 5.74) is 2.28. The molecule has 0 spiro atoms. The number of nitrogens with zero attached hydrogens (tertiary/aromatic N) is 4. The monoisotopic (exact) mass is 513 g/mol. The predicted molar refractivity (Wildman–Crippen MR) is 148 cm³/mol. The molecular formula is C24H19N9OS2. The number of benzene rings is 3. The fraction of sp³-hybridized carbons (Fsp3) is 0. The van der Waals surface area contributed by atoms with E-state index in [9.17, 15) is 4.79 Å². The van der Waals surface area contributed by atoms with E-state index in [1.54, 1.807) is 12.1 Å². The molecule has 0 radical (unpaired) electrons. The standard InChI is InChI=1S/C24H19N9OS2/c34-22(25-15-9-3-1-4-10-15)31-19-28-20(32-23(35)26-16-11-5-2-6-12-16)30-21(29-19)33-24-27-17-13-7-8-14-18(17)36-24/h1-14H,(H5,25,26,27,28,29,30,31,32,33,34,35). The van der Waals surface area contributed by atoms with Gasteiger partial charge < -0.3 is 16.0 Å². The van der Waals surface area contributed by atoms with Crippen LogP contribution in [0.25, 0.3) is 10.2 Å². The van der Waals surface area contributed by atoms with Crippen LogP contribution in [0.1, 0.15) is 0 Å². The Morgan fingerprint density at radius 1 is 0.639 bits per heavy atom. The van der Waals surface area contributed by atoms with Crippen LogP contribution in [0, 0.1) is 0 Å². The maximum Gasteiger partial charge on any atom is 0.326 e. The molecule has 0 saturated carbocycles. The summed E-state index contributed by atoms with van der Waals surface area (Å²) in [6, 6.07) is 25.8. The third kappa shape index (κ3) is 6.05. The van der Waals surface area contributed by atoms with Crippen molar-refractivity contribution in [1.29, 1.82) is 0 Å². The highest BCUT2D eigenvalue weighted by Gasteiger charge is 2.13. The average molecular weight is 514 g/mol. The lowest BCUT2D eigenvalue weighted by molar-refractivity contribution is 0.262. The number of hydrogen-bond donors (Lipinski definition) is 5. The van der Waals surface area contributed by atoms with Gasteiger partial charge in [0.25, 0.3) is 0 Å². The number of carbonyl (C=O) groups is 1. The third-order valence-corrected chi connectivity index (χ3v) is 5.82. The summed E-state index contributed by atoms with van der Waals surface area (Å²) in [5, 5.41) is 15.3. The Labute approximate surface area is 215 Å². The van der Waals surface area contributed by atoms with Gasteiger partial charge in [-0.2, -0.15) is 15.0 Å². The van der Waals surface area contributed by atoms with E-state index in [0.717, 1.165) is 15.9 Å². The molecule has 5 aromatic rings. The lowest BCUT2D eigenvalue weighted by atomic mass is 10.3. The molecule has 0 atom stereocenters. The minimum atomic E-state index is -0.505. The number of thiocarbonyl (C=S) groups is 1. The molecule has 12 heteroatoms. The van der Waals surface area contributed by atoms with Crippen LogP contribution < -0.4 is 26.6 Å². The zero-order chi connectivity index (χ0) is 24.7. The summed E-state index contributed by atoms with van der Waals surface area (Å²) in [4.78, 5) is 30.1. The normalized spacial score (nSPS) is 10.4. The van der Waals surface area contributed by atoms with Gasteiger partial charge in [0, 0.05) is 11.4 Å². The number of hydrogen-bond acceptors (Lipinski definition) is 8. The number of aromatic nitrogens is 4. The van der Waals surface area contributed by atoms with Crippen LogP contribution in [0.3, 0.4) is 0 Å². The van der Waals surface area contributed by atoms with E-state index in [1.807, 2.05) is 72.8 Å². The average Bonchev–Trinajstić information content (AvgIpc) is 3.27. The highest BCUT2D eigenvalue weighted by atomic mass is 32.1. The summed E-state index contributed by atoms with van der Waals surface area (Å²) in [5.74, 6) is 0.341. The minimum Gasteiger partial charge on any atom is -0.332 e. The molecule has 0 saturated heterocycles. The summed E-state index contributed by atoms with van der Waals surface area (Å²) in [7, 11) is 0. The van der Waals surface area contributed by atoms with Crippen LogP contribution in [0.5, 0.6) is 0 Å². The number of nitrogens with one attached hydrogen (secondary N) is 5. The van der Waals surface area contributed by atoms with Crippen LogP contribution in [0.4, 0.5) is 39.1 Å². The van der Waals surface area contributed by atoms with Gasteiger partial charge in [-0.05, 0) is 48.6 Å². The number of amides is 2. The number of fused-ring (bicyclic) bond motifs is 1. The second kappa shape index (κ2) is 10.7. The summed E-state index contributed by atoms with van der Waals surface area (Å²) in [6.45, 7) is 0. The van der Waals surface area contributed by atoms with Gasteiger partial charge in [-0.3, -0.25) is 10.6 Å². The molecule has 178 valence electrons. The van der Waals surface area contributed by atoms with Crippen molar-refractivity contribution in [3.63, 3.8) is 0 Å². The third-order valence-electron chi connectivity index (χ3n) is 4.66. The van der Waals surface area contributed by atoms with E-state index >= 15 is 0 Å². The molecule has 10 nitrogen and oxygen atoms in total. The molecule has 5 N–H and O–H groups in total. The molecule has 2 amide bonds. The van der Waals surface area contributed by atoms with Crippen molar-refractivity contribution in [3.8, 4) is 0 Å². The van der Waals surface area contributed by atoms with Crippen molar-refractivity contribution in [2.24, 2.45) is 0 Å². The van der Waals surface area contributed by atoms with Crippen molar-refractivity contribution in [2.45, 2.75) is 0 Å². The van der Waals surface area contributed by atoms with Gasteiger partial charge in [0.1, 0.15) is 0 Å². The zero-order valence-corrected chi connectivity index (χ0v) is 20.2. The number of para-hydroxylation sites is 3. The molecule has 0 aliphatic rings. The van der Waals surface area contributed by atoms with Crippen LogP contribution >= 0.6 is 23.6 Å². The summed E-state index contributed by atoms with van der Waals surface area (Å²) >= 11 is 6.85. The molecular weight excluding hydrogens is 494 g/mol. The van der Waals surface area contributed by atoms with E-state index in [1.165, 1.54) is 11.3 Å². The second-order valence-electron chi connectivity index (χ2n) is 7.31. The molecule has 5 rings (SSSR count). The summed E-state index contributed by atoms with van der Waals surface area (Å²) in [6.07, 6.45) is 0. The Morgan fingerprint density at radius 3 is 1.92 bits per heavy atom. The maximum absolute atomic E-state index is 12.5. The molecule has 0 aliphatic heterocycles. The number of urea groups is 1. The van der Waals surface area contributed by atoms with Gasteiger partial charge >= 0.3 is 6.03 Å². The van der Waals surface area contributed by atoms with E-state index in [0.29, 0.717) is 10.8 Å². The first-order valence-corrected chi connectivity index (χ1v) is 12.0. The van der Waals surface area contributed by atoms with Crippen LogP contribution in [0.15, 0.2) is 84.9 Å². The maximum atomic E-state index is 12.5. The lowest BCUT2D eigenvalue weighted by Gasteiger charge is -2.12. The first-order valence-electron chi connectivity index (χ1n) is 10.8. The van der Waals surface area contributed by atoms with Gasteiger partial charge in [0.05, 0.1) is 10.2 Å². The van der Waals surface area contributed by atoms with Crippen molar-refractivity contribution in [3.05, 3.63) is 84.9 Å². The molecule has 0 bridgehead atoms. The largest absolute Gasteiger partial charge is 0.332 e.